The lowest BCUT2D eigenvalue weighted by molar-refractivity contribution is -0.138. The molecule has 2 fully saturated rings. The molecule has 2 aliphatic heterocycles. The highest BCUT2D eigenvalue weighted by Crippen LogP contribution is 2.31. The summed E-state index contributed by atoms with van der Waals surface area (Å²) in [5.74, 6) is -1.01. The van der Waals surface area contributed by atoms with Crippen molar-refractivity contribution in [1.82, 2.24) is 20.1 Å². The van der Waals surface area contributed by atoms with Crippen LogP contribution in [0.3, 0.4) is 0 Å². The Balaban J connectivity index is 1.49. The van der Waals surface area contributed by atoms with Crippen molar-refractivity contribution in [2.24, 2.45) is 0 Å². The number of rotatable bonds is 6. The molecule has 4 heterocycles. The van der Waals surface area contributed by atoms with Gasteiger partial charge in [-0.05, 0) is 36.4 Å². The Morgan fingerprint density at radius 3 is 2.74 bits per heavy atom. The van der Waals surface area contributed by atoms with Gasteiger partial charge in [0.05, 0.1) is 17.5 Å². The minimum absolute atomic E-state index is 0.0332. The lowest BCUT2D eigenvalue weighted by atomic mass is 10.1. The minimum atomic E-state index is -0.702. The van der Waals surface area contributed by atoms with E-state index in [1.165, 1.54) is 16.2 Å². The molecule has 3 atom stereocenters. The molecule has 2 aliphatic rings. The number of nitrogens with one attached hydrogen (secondary N) is 1. The van der Waals surface area contributed by atoms with Crippen LogP contribution in [0.2, 0.25) is 0 Å². The van der Waals surface area contributed by atoms with Crippen LogP contribution in [0.5, 0.6) is 0 Å². The second-order valence-corrected chi connectivity index (χ2v) is 8.69. The molecule has 3 unspecified atom stereocenters. The van der Waals surface area contributed by atoms with E-state index in [1.54, 1.807) is 46.8 Å². The Labute approximate surface area is 184 Å². The molecule has 162 valence electrons. The molecule has 8 nitrogen and oxygen atoms in total. The number of carbonyl (C=O) groups is 4. The van der Waals surface area contributed by atoms with Crippen molar-refractivity contribution >= 4 is 34.8 Å². The van der Waals surface area contributed by atoms with Gasteiger partial charge in [0.1, 0.15) is 17.8 Å². The van der Waals surface area contributed by atoms with Crippen LogP contribution >= 0.6 is 11.3 Å². The van der Waals surface area contributed by atoms with E-state index in [-0.39, 0.29) is 41.8 Å². The molecule has 0 radical (unpaired) electrons. The normalized spacial score (nSPS) is 21.1. The maximum atomic E-state index is 13.3. The molecule has 0 spiro atoms. The molecule has 2 aromatic rings. The standard InChI is InChI=1S/C22H24N4O4S/c1-2-6-15(24-20(28)18-8-5-12-31-18)22(30)25-11-9-16-19(25)17(27)13-26(16)21(29)14-7-3-4-10-23-14/h3-5,7-8,10,12,15-16,19H,2,6,9,11,13H2,1H3,(H,24,28). The number of pyridine rings is 1. The fraction of sp³-hybridized carbons (Fsp3) is 0.409. The minimum Gasteiger partial charge on any atom is -0.340 e. The summed E-state index contributed by atoms with van der Waals surface area (Å²) in [6.07, 6.45) is 3.26. The van der Waals surface area contributed by atoms with Gasteiger partial charge in [-0.2, -0.15) is 0 Å². The van der Waals surface area contributed by atoms with Gasteiger partial charge in [0.15, 0.2) is 5.78 Å². The lowest BCUT2D eigenvalue weighted by Crippen LogP contribution is -2.52. The zero-order valence-corrected chi connectivity index (χ0v) is 18.0. The first-order valence-electron chi connectivity index (χ1n) is 10.4. The Morgan fingerprint density at radius 2 is 2.06 bits per heavy atom. The molecule has 31 heavy (non-hydrogen) atoms. The smallest absolute Gasteiger partial charge is 0.273 e. The first kappa shape index (κ1) is 21.2. The quantitative estimate of drug-likeness (QED) is 0.738. The molecule has 2 aromatic heterocycles. The largest absolute Gasteiger partial charge is 0.340 e. The lowest BCUT2D eigenvalue weighted by Gasteiger charge is -2.28. The SMILES string of the molecule is CCCC(NC(=O)c1cccs1)C(=O)N1CCC2C1C(=O)CN2C(=O)c1ccccn1. The van der Waals surface area contributed by atoms with Crippen LogP contribution in [0.25, 0.3) is 0 Å². The highest BCUT2D eigenvalue weighted by Gasteiger charge is 2.52. The maximum absolute atomic E-state index is 13.3. The Kier molecular flexibility index (Phi) is 6.13. The van der Waals surface area contributed by atoms with Gasteiger partial charge in [0.2, 0.25) is 5.91 Å². The van der Waals surface area contributed by atoms with Gasteiger partial charge in [-0.25, -0.2) is 0 Å². The summed E-state index contributed by atoms with van der Waals surface area (Å²) < 4.78 is 0. The molecule has 0 bridgehead atoms. The second-order valence-electron chi connectivity index (χ2n) is 7.74. The molecule has 3 amide bonds. The number of amides is 3. The van der Waals surface area contributed by atoms with Crippen LogP contribution in [0, 0.1) is 0 Å². The fourth-order valence-electron chi connectivity index (χ4n) is 4.36. The van der Waals surface area contributed by atoms with Gasteiger partial charge in [0, 0.05) is 12.7 Å². The molecule has 9 heteroatoms. The summed E-state index contributed by atoms with van der Waals surface area (Å²) in [6, 6.07) is 6.84. The highest BCUT2D eigenvalue weighted by molar-refractivity contribution is 7.12. The second kappa shape index (κ2) is 8.97. The van der Waals surface area contributed by atoms with Gasteiger partial charge < -0.3 is 15.1 Å². The molecule has 0 aliphatic carbocycles. The van der Waals surface area contributed by atoms with Crippen LogP contribution in [0.4, 0.5) is 0 Å². The number of Topliss-reactive ketones (excluding diaryl/α,β-unsaturated/α-hetero) is 1. The molecular weight excluding hydrogens is 416 g/mol. The van der Waals surface area contributed by atoms with Gasteiger partial charge >= 0.3 is 0 Å². The summed E-state index contributed by atoms with van der Waals surface area (Å²) in [5.41, 5.74) is 0.285. The van der Waals surface area contributed by atoms with Gasteiger partial charge in [-0.1, -0.05) is 25.5 Å². The van der Waals surface area contributed by atoms with Gasteiger partial charge in [-0.3, -0.25) is 24.2 Å². The van der Waals surface area contributed by atoms with E-state index in [4.69, 9.17) is 0 Å². The van der Waals surface area contributed by atoms with Gasteiger partial charge in [-0.15, -0.1) is 11.3 Å². The molecule has 2 saturated heterocycles. The van der Waals surface area contributed by atoms with E-state index < -0.39 is 12.1 Å². The molecule has 1 N–H and O–H groups in total. The van der Waals surface area contributed by atoms with E-state index in [2.05, 4.69) is 10.3 Å². The van der Waals surface area contributed by atoms with Crippen LogP contribution in [-0.2, 0) is 9.59 Å². The Bertz CT molecular complexity index is 979. The summed E-state index contributed by atoms with van der Waals surface area (Å²) in [7, 11) is 0. The number of carbonyl (C=O) groups excluding carboxylic acids is 4. The third kappa shape index (κ3) is 4.10. The number of fused-ring (bicyclic) bond motifs is 1. The average molecular weight is 441 g/mol. The topological polar surface area (TPSA) is 99.7 Å². The summed E-state index contributed by atoms with van der Waals surface area (Å²) in [6.45, 7) is 2.29. The van der Waals surface area contributed by atoms with E-state index >= 15 is 0 Å². The first-order valence-corrected chi connectivity index (χ1v) is 11.3. The highest BCUT2D eigenvalue weighted by atomic mass is 32.1. The monoisotopic (exact) mass is 440 g/mol. The summed E-state index contributed by atoms with van der Waals surface area (Å²) in [4.78, 5) is 59.2. The number of aromatic nitrogens is 1. The van der Waals surface area contributed by atoms with E-state index in [0.29, 0.717) is 30.7 Å². The number of thiophene rings is 1. The van der Waals surface area contributed by atoms with Crippen LogP contribution in [-0.4, -0.2) is 69.5 Å². The molecule has 0 saturated carbocycles. The zero-order chi connectivity index (χ0) is 22.0. The number of ketones is 1. The maximum Gasteiger partial charge on any atom is 0.273 e. The predicted molar refractivity (Wildman–Crippen MR) is 115 cm³/mol. The summed E-state index contributed by atoms with van der Waals surface area (Å²) >= 11 is 1.31. The van der Waals surface area contributed by atoms with E-state index in [9.17, 15) is 19.2 Å². The Morgan fingerprint density at radius 1 is 1.23 bits per heavy atom. The van der Waals surface area contributed by atoms with Crippen molar-refractivity contribution in [3.05, 3.63) is 52.5 Å². The van der Waals surface area contributed by atoms with Crippen LogP contribution in [0.1, 0.15) is 46.3 Å². The third-order valence-corrected chi connectivity index (χ3v) is 6.64. The summed E-state index contributed by atoms with van der Waals surface area (Å²) in [5, 5.41) is 4.64. The fourth-order valence-corrected chi connectivity index (χ4v) is 4.99. The number of likely N-dealkylation sites (tertiary alicyclic amines) is 2. The number of nitrogens with zero attached hydrogens (tertiary/aromatic N) is 3. The average Bonchev–Trinajstić information content (AvgIpc) is 3.52. The molecular formula is C22H24N4O4S. The van der Waals surface area contributed by atoms with E-state index in [0.717, 1.165) is 0 Å². The van der Waals surface area contributed by atoms with Crippen molar-refractivity contribution in [2.45, 2.75) is 44.3 Å². The Hall–Kier alpha value is -3.07. The predicted octanol–water partition coefficient (Wildman–Crippen LogP) is 1.74. The van der Waals surface area contributed by atoms with E-state index in [1.807, 2.05) is 6.92 Å². The van der Waals surface area contributed by atoms with Crippen molar-refractivity contribution in [3.63, 3.8) is 0 Å². The van der Waals surface area contributed by atoms with Crippen LogP contribution < -0.4 is 5.32 Å². The van der Waals surface area contributed by atoms with Crippen molar-refractivity contribution in [3.8, 4) is 0 Å². The van der Waals surface area contributed by atoms with Crippen LogP contribution in [0.15, 0.2) is 41.9 Å². The molecule has 0 aromatic carbocycles. The number of hydrogen-bond donors (Lipinski definition) is 1. The molecule has 4 rings (SSSR count). The number of hydrogen-bond acceptors (Lipinski definition) is 6. The third-order valence-electron chi connectivity index (χ3n) is 5.78. The van der Waals surface area contributed by atoms with Crippen molar-refractivity contribution in [2.75, 3.05) is 13.1 Å². The van der Waals surface area contributed by atoms with Crippen molar-refractivity contribution in [1.29, 1.82) is 0 Å². The van der Waals surface area contributed by atoms with Crippen molar-refractivity contribution < 1.29 is 19.2 Å². The first-order chi connectivity index (χ1) is 15.0. The van der Waals surface area contributed by atoms with Gasteiger partial charge in [0.25, 0.3) is 11.8 Å². The zero-order valence-electron chi connectivity index (χ0n) is 17.2.